The lowest BCUT2D eigenvalue weighted by molar-refractivity contribution is 0.449. The average molecular weight is 270 g/mol. The van der Waals surface area contributed by atoms with Crippen LogP contribution in [0, 0.1) is 5.82 Å². The molecule has 0 saturated heterocycles. The van der Waals surface area contributed by atoms with E-state index in [4.69, 9.17) is 0 Å². The van der Waals surface area contributed by atoms with E-state index in [2.05, 4.69) is 16.4 Å². The first-order valence-electron chi connectivity index (χ1n) is 7.13. The molecule has 1 aromatic carbocycles. The number of likely N-dealkylation sites (N-methyl/N-ethyl adjacent to an activating group) is 1. The molecule has 2 aromatic rings. The molecule has 1 heterocycles. The highest BCUT2D eigenvalue weighted by atomic mass is 19.1. The molecule has 3 heteroatoms. The molecule has 20 heavy (non-hydrogen) atoms. The van der Waals surface area contributed by atoms with Crippen LogP contribution in [-0.4, -0.2) is 18.1 Å². The van der Waals surface area contributed by atoms with Crippen molar-refractivity contribution in [1.29, 1.82) is 0 Å². The summed E-state index contributed by atoms with van der Waals surface area (Å²) in [6.07, 6.45) is 4.91. The summed E-state index contributed by atoms with van der Waals surface area (Å²) in [6, 6.07) is 11.3. The lowest BCUT2D eigenvalue weighted by Gasteiger charge is -2.23. The Labute approximate surface area is 119 Å². The largest absolute Gasteiger partial charge is 0.316 e. The number of fused-ring (bicyclic) bond motifs is 1. The van der Waals surface area contributed by atoms with Gasteiger partial charge in [0.2, 0.25) is 0 Å². The van der Waals surface area contributed by atoms with E-state index in [1.54, 1.807) is 12.1 Å². The van der Waals surface area contributed by atoms with Crippen molar-refractivity contribution in [3.63, 3.8) is 0 Å². The van der Waals surface area contributed by atoms with Gasteiger partial charge in [0.1, 0.15) is 5.82 Å². The third-order valence-electron chi connectivity index (χ3n) is 4.20. The van der Waals surface area contributed by atoms with Gasteiger partial charge < -0.3 is 5.32 Å². The molecule has 3 rings (SSSR count). The highest BCUT2D eigenvalue weighted by Crippen LogP contribution is 2.34. The fourth-order valence-corrected chi connectivity index (χ4v) is 3.20. The van der Waals surface area contributed by atoms with Gasteiger partial charge in [-0.25, -0.2) is 4.39 Å². The van der Waals surface area contributed by atoms with E-state index >= 15 is 0 Å². The van der Waals surface area contributed by atoms with Gasteiger partial charge in [-0.2, -0.15) is 0 Å². The van der Waals surface area contributed by atoms with E-state index in [0.717, 1.165) is 24.8 Å². The molecule has 2 nitrogen and oxygen atoms in total. The maximum absolute atomic E-state index is 13.3. The van der Waals surface area contributed by atoms with E-state index in [1.807, 2.05) is 25.4 Å². The van der Waals surface area contributed by atoms with Gasteiger partial charge in [-0.15, -0.1) is 0 Å². The molecule has 0 fully saturated rings. The van der Waals surface area contributed by atoms with Crippen LogP contribution in [0.15, 0.2) is 42.6 Å². The summed E-state index contributed by atoms with van der Waals surface area (Å²) in [6.45, 7) is 0. The molecule has 0 bridgehead atoms. The van der Waals surface area contributed by atoms with Crippen LogP contribution in [0.1, 0.15) is 29.2 Å². The summed E-state index contributed by atoms with van der Waals surface area (Å²) in [5, 5.41) is 3.39. The smallest absolute Gasteiger partial charge is 0.123 e. The van der Waals surface area contributed by atoms with Crippen molar-refractivity contribution in [3.8, 4) is 0 Å². The number of halogens is 1. The van der Waals surface area contributed by atoms with Crippen molar-refractivity contribution in [1.82, 2.24) is 10.3 Å². The van der Waals surface area contributed by atoms with Crippen molar-refractivity contribution in [2.75, 3.05) is 7.05 Å². The summed E-state index contributed by atoms with van der Waals surface area (Å²) < 4.78 is 13.3. The lowest BCUT2D eigenvalue weighted by Crippen LogP contribution is -2.33. The maximum Gasteiger partial charge on any atom is 0.123 e. The molecular formula is C17H19FN2. The zero-order valence-electron chi connectivity index (χ0n) is 11.6. The fourth-order valence-electron chi connectivity index (χ4n) is 3.20. The normalized spacial score (nSPS) is 18.8. The fraction of sp³-hybridized carbons (Fsp3) is 0.353. The van der Waals surface area contributed by atoms with Crippen LogP contribution in [0.25, 0.3) is 0 Å². The molecule has 2 unspecified atom stereocenters. The number of nitrogens with one attached hydrogen (secondary N) is 1. The molecule has 104 valence electrons. The average Bonchev–Trinajstić information content (AvgIpc) is 2.89. The van der Waals surface area contributed by atoms with Crippen molar-refractivity contribution in [2.45, 2.75) is 31.2 Å². The molecule has 0 spiro atoms. The van der Waals surface area contributed by atoms with Crippen LogP contribution in [0.2, 0.25) is 0 Å². The number of aryl methyl sites for hydroxylation is 1. The minimum atomic E-state index is -0.165. The van der Waals surface area contributed by atoms with Gasteiger partial charge >= 0.3 is 0 Å². The number of pyridine rings is 1. The highest BCUT2D eigenvalue weighted by molar-refractivity contribution is 5.31. The summed E-state index contributed by atoms with van der Waals surface area (Å²) in [5.74, 6) is 0.252. The number of aromatic nitrogens is 1. The minimum absolute atomic E-state index is 0.165. The van der Waals surface area contributed by atoms with Gasteiger partial charge in [0.25, 0.3) is 0 Å². The van der Waals surface area contributed by atoms with Crippen molar-refractivity contribution < 1.29 is 4.39 Å². The van der Waals surface area contributed by atoms with Crippen molar-refractivity contribution in [2.24, 2.45) is 0 Å². The Bertz CT molecular complexity index is 597. The van der Waals surface area contributed by atoms with Crippen molar-refractivity contribution in [3.05, 3.63) is 65.2 Å². The van der Waals surface area contributed by atoms with Crippen LogP contribution in [0.3, 0.4) is 0 Å². The molecule has 1 N–H and O–H groups in total. The van der Waals surface area contributed by atoms with E-state index in [0.29, 0.717) is 12.0 Å². The van der Waals surface area contributed by atoms with Crippen LogP contribution in [0.5, 0.6) is 0 Å². The minimum Gasteiger partial charge on any atom is -0.316 e. The number of hydrogen-bond donors (Lipinski definition) is 1. The van der Waals surface area contributed by atoms with Crippen LogP contribution in [0.4, 0.5) is 4.39 Å². The van der Waals surface area contributed by atoms with E-state index < -0.39 is 0 Å². The zero-order valence-corrected chi connectivity index (χ0v) is 11.6. The molecule has 0 aliphatic heterocycles. The van der Waals surface area contributed by atoms with Gasteiger partial charge in [0, 0.05) is 23.9 Å². The van der Waals surface area contributed by atoms with Gasteiger partial charge in [0.05, 0.1) is 0 Å². The third kappa shape index (κ3) is 2.59. The molecule has 0 saturated carbocycles. The first-order valence-corrected chi connectivity index (χ1v) is 7.13. The Hall–Kier alpha value is -1.74. The van der Waals surface area contributed by atoms with E-state index in [1.165, 1.54) is 17.3 Å². The topological polar surface area (TPSA) is 24.9 Å². The Morgan fingerprint density at radius 3 is 3.05 bits per heavy atom. The second-order valence-corrected chi connectivity index (χ2v) is 5.42. The number of benzene rings is 1. The molecule has 2 atom stereocenters. The molecule has 1 aliphatic rings. The Kier molecular flexibility index (Phi) is 3.79. The molecule has 0 amide bonds. The summed E-state index contributed by atoms with van der Waals surface area (Å²) in [7, 11) is 1.98. The van der Waals surface area contributed by atoms with Crippen LogP contribution in [-0.2, 0) is 12.8 Å². The Morgan fingerprint density at radius 1 is 1.35 bits per heavy atom. The molecule has 1 aromatic heterocycles. The van der Waals surface area contributed by atoms with Gasteiger partial charge in [0.15, 0.2) is 0 Å². The van der Waals surface area contributed by atoms with Crippen molar-refractivity contribution >= 4 is 0 Å². The van der Waals surface area contributed by atoms with Gasteiger partial charge in [-0.05, 0) is 55.6 Å². The number of nitrogens with zero attached hydrogens (tertiary/aromatic N) is 1. The van der Waals surface area contributed by atoms with E-state index in [-0.39, 0.29) is 5.82 Å². The highest BCUT2D eigenvalue weighted by Gasteiger charge is 2.30. The first-order chi connectivity index (χ1) is 9.78. The van der Waals surface area contributed by atoms with Crippen LogP contribution >= 0.6 is 0 Å². The standard InChI is InChI=1S/C17H19FN2/c1-19-16(11-12-4-2-6-14(18)10-12)15-8-7-13-5-3-9-20-17(13)15/h2-6,9-10,15-16,19H,7-8,11H2,1H3. The molecule has 0 radical (unpaired) electrons. The molecule has 1 aliphatic carbocycles. The van der Waals surface area contributed by atoms with Gasteiger partial charge in [-0.1, -0.05) is 18.2 Å². The third-order valence-corrected chi connectivity index (χ3v) is 4.20. The maximum atomic E-state index is 13.3. The predicted octanol–water partition coefficient (Wildman–Crippen LogP) is 3.08. The first kappa shape index (κ1) is 13.3. The lowest BCUT2D eigenvalue weighted by atomic mass is 9.91. The summed E-state index contributed by atoms with van der Waals surface area (Å²) >= 11 is 0. The Balaban J connectivity index is 1.81. The van der Waals surface area contributed by atoms with Crippen LogP contribution < -0.4 is 5.32 Å². The SMILES string of the molecule is CNC(Cc1cccc(F)c1)C1CCc2cccnc21. The van der Waals surface area contributed by atoms with E-state index in [9.17, 15) is 4.39 Å². The zero-order chi connectivity index (χ0) is 13.9. The number of rotatable bonds is 4. The summed E-state index contributed by atoms with van der Waals surface area (Å²) in [4.78, 5) is 4.55. The van der Waals surface area contributed by atoms with Gasteiger partial charge in [-0.3, -0.25) is 4.98 Å². The second-order valence-electron chi connectivity index (χ2n) is 5.42. The predicted molar refractivity (Wildman–Crippen MR) is 78.3 cm³/mol. The number of hydrogen-bond acceptors (Lipinski definition) is 2. The Morgan fingerprint density at radius 2 is 2.25 bits per heavy atom. The quantitative estimate of drug-likeness (QED) is 0.923. The summed E-state index contributed by atoms with van der Waals surface area (Å²) in [5.41, 5.74) is 3.61. The molecular weight excluding hydrogens is 251 g/mol. The second kappa shape index (κ2) is 5.71. The monoisotopic (exact) mass is 270 g/mol.